The fraction of sp³-hybridized carbons (Fsp3) is 0.625. The number of hydrogen-bond acceptors (Lipinski definition) is 2. The molecule has 0 aromatic rings. The minimum absolute atomic E-state index is 0.134. The Bertz CT molecular complexity index is 180. The van der Waals surface area contributed by atoms with Gasteiger partial charge in [-0.1, -0.05) is 36.4 Å². The van der Waals surface area contributed by atoms with Crippen molar-refractivity contribution < 1.29 is 4.79 Å². The van der Waals surface area contributed by atoms with Gasteiger partial charge in [0.05, 0.1) is 6.04 Å². The van der Waals surface area contributed by atoms with Gasteiger partial charge < -0.3 is 11.1 Å². The Morgan fingerprint density at radius 1 is 1.67 bits per heavy atom. The summed E-state index contributed by atoms with van der Waals surface area (Å²) in [6.07, 6.45) is 0. The molecule has 0 fully saturated rings. The summed E-state index contributed by atoms with van der Waals surface area (Å²) in [5.41, 5.74) is 5.59. The van der Waals surface area contributed by atoms with Crippen molar-refractivity contribution in [1.82, 2.24) is 5.32 Å². The molecule has 1 amide bonds. The number of rotatable bonds is 4. The summed E-state index contributed by atoms with van der Waals surface area (Å²) in [5.74, 6) is 0.0270. The average Bonchev–Trinajstić information content (AvgIpc) is 1.98. The number of nitrogens with one attached hydrogen (secondary N) is 1. The lowest BCUT2D eigenvalue weighted by molar-refractivity contribution is -0.123. The molecule has 70 valence electrons. The van der Waals surface area contributed by atoms with Crippen molar-refractivity contribution >= 4 is 21.8 Å². The highest BCUT2D eigenvalue weighted by molar-refractivity contribution is 9.11. The molecule has 0 rings (SSSR count). The molecule has 0 aliphatic rings. The fourth-order valence-corrected chi connectivity index (χ4v) is 0.744. The summed E-state index contributed by atoms with van der Waals surface area (Å²) in [6.45, 7) is 7.84. The van der Waals surface area contributed by atoms with Crippen molar-refractivity contribution in [3.05, 3.63) is 11.1 Å². The van der Waals surface area contributed by atoms with E-state index in [2.05, 4.69) is 27.8 Å². The van der Waals surface area contributed by atoms with E-state index in [9.17, 15) is 4.79 Å². The molecule has 0 aliphatic carbocycles. The van der Waals surface area contributed by atoms with Crippen LogP contribution in [0.25, 0.3) is 0 Å². The van der Waals surface area contributed by atoms with Crippen LogP contribution < -0.4 is 11.1 Å². The molecule has 0 aromatic heterocycles. The van der Waals surface area contributed by atoms with Gasteiger partial charge in [-0.15, -0.1) is 0 Å². The fourth-order valence-electron chi connectivity index (χ4n) is 0.604. The van der Waals surface area contributed by atoms with Crippen molar-refractivity contribution in [2.24, 2.45) is 11.7 Å². The summed E-state index contributed by atoms with van der Waals surface area (Å²) in [7, 11) is 0. The van der Waals surface area contributed by atoms with E-state index in [1.54, 1.807) is 0 Å². The second-order valence-electron chi connectivity index (χ2n) is 3.00. The van der Waals surface area contributed by atoms with E-state index in [1.165, 1.54) is 0 Å². The minimum atomic E-state index is -0.433. The highest BCUT2D eigenvalue weighted by Gasteiger charge is 2.16. The van der Waals surface area contributed by atoms with E-state index >= 15 is 0 Å². The maximum Gasteiger partial charge on any atom is 0.237 e. The zero-order valence-corrected chi connectivity index (χ0v) is 9.02. The Morgan fingerprint density at radius 2 is 2.17 bits per heavy atom. The van der Waals surface area contributed by atoms with Gasteiger partial charge in [0.25, 0.3) is 0 Å². The standard InChI is InChI=1S/C8H15BrN2O/c1-5(2)7(10)8(12)11-4-6(3)9/h5,7H,3-4,10H2,1-2H3,(H,11,12). The van der Waals surface area contributed by atoms with Gasteiger partial charge in [-0.2, -0.15) is 0 Å². The van der Waals surface area contributed by atoms with Gasteiger partial charge in [0.2, 0.25) is 5.91 Å². The molecular weight excluding hydrogens is 220 g/mol. The molecule has 0 heterocycles. The Hall–Kier alpha value is -0.350. The predicted molar refractivity (Wildman–Crippen MR) is 53.9 cm³/mol. The number of nitrogens with two attached hydrogens (primary N) is 1. The summed E-state index contributed by atoms with van der Waals surface area (Å²) >= 11 is 3.14. The lowest BCUT2D eigenvalue weighted by Crippen LogP contribution is -2.44. The van der Waals surface area contributed by atoms with Crippen molar-refractivity contribution in [3.8, 4) is 0 Å². The molecule has 0 aromatic carbocycles. The Kier molecular flexibility index (Phi) is 5.17. The molecule has 1 unspecified atom stereocenters. The molecule has 3 N–H and O–H groups in total. The summed E-state index contributed by atoms with van der Waals surface area (Å²) in [5, 5.41) is 2.65. The van der Waals surface area contributed by atoms with Crippen LogP contribution in [0.1, 0.15) is 13.8 Å². The van der Waals surface area contributed by atoms with E-state index in [1.807, 2.05) is 13.8 Å². The monoisotopic (exact) mass is 234 g/mol. The lowest BCUT2D eigenvalue weighted by atomic mass is 10.1. The van der Waals surface area contributed by atoms with Crippen LogP contribution in [0.2, 0.25) is 0 Å². The molecule has 12 heavy (non-hydrogen) atoms. The average molecular weight is 235 g/mol. The zero-order valence-electron chi connectivity index (χ0n) is 7.43. The maximum atomic E-state index is 11.2. The summed E-state index contributed by atoms with van der Waals surface area (Å²) in [6, 6.07) is -0.433. The number of halogens is 1. The predicted octanol–water partition coefficient (Wildman–Crippen LogP) is 0.994. The molecular formula is C8H15BrN2O. The molecule has 3 nitrogen and oxygen atoms in total. The third kappa shape index (κ3) is 4.51. The van der Waals surface area contributed by atoms with Crippen LogP contribution in [-0.4, -0.2) is 18.5 Å². The third-order valence-corrected chi connectivity index (χ3v) is 1.76. The molecule has 0 aliphatic heterocycles. The molecule has 0 spiro atoms. The first-order valence-corrected chi connectivity index (χ1v) is 4.61. The zero-order chi connectivity index (χ0) is 9.72. The van der Waals surface area contributed by atoms with Crippen molar-refractivity contribution in [1.29, 1.82) is 0 Å². The molecule has 0 saturated carbocycles. The topological polar surface area (TPSA) is 55.1 Å². The van der Waals surface area contributed by atoms with Gasteiger partial charge in [0.1, 0.15) is 0 Å². The van der Waals surface area contributed by atoms with Crippen LogP contribution in [0.4, 0.5) is 0 Å². The number of amides is 1. The number of carbonyl (C=O) groups is 1. The second kappa shape index (κ2) is 5.32. The van der Waals surface area contributed by atoms with Crippen LogP contribution in [-0.2, 0) is 4.79 Å². The van der Waals surface area contributed by atoms with E-state index in [4.69, 9.17) is 5.73 Å². The van der Waals surface area contributed by atoms with Crippen molar-refractivity contribution in [3.63, 3.8) is 0 Å². The third-order valence-electron chi connectivity index (χ3n) is 1.48. The first-order chi connectivity index (χ1) is 5.45. The normalized spacial score (nSPS) is 12.8. The Labute approximate surface area is 81.5 Å². The molecule has 0 bridgehead atoms. The maximum absolute atomic E-state index is 11.2. The van der Waals surface area contributed by atoms with Gasteiger partial charge in [0, 0.05) is 11.0 Å². The van der Waals surface area contributed by atoms with E-state index < -0.39 is 6.04 Å². The summed E-state index contributed by atoms with van der Waals surface area (Å²) < 4.78 is 0.742. The highest BCUT2D eigenvalue weighted by atomic mass is 79.9. The van der Waals surface area contributed by atoms with Gasteiger partial charge >= 0.3 is 0 Å². The van der Waals surface area contributed by atoms with Gasteiger partial charge in [0.15, 0.2) is 0 Å². The smallest absolute Gasteiger partial charge is 0.237 e. The lowest BCUT2D eigenvalue weighted by Gasteiger charge is -2.14. The highest BCUT2D eigenvalue weighted by Crippen LogP contribution is 2.00. The second-order valence-corrected chi connectivity index (χ2v) is 4.13. The number of carbonyl (C=O) groups excluding carboxylic acids is 1. The first kappa shape index (κ1) is 11.6. The van der Waals surface area contributed by atoms with Crippen LogP contribution in [0.15, 0.2) is 11.1 Å². The van der Waals surface area contributed by atoms with Crippen molar-refractivity contribution in [2.75, 3.05) is 6.54 Å². The van der Waals surface area contributed by atoms with Gasteiger partial charge in [-0.3, -0.25) is 4.79 Å². The van der Waals surface area contributed by atoms with Gasteiger partial charge in [-0.05, 0) is 5.92 Å². The van der Waals surface area contributed by atoms with Crippen molar-refractivity contribution in [2.45, 2.75) is 19.9 Å². The number of hydrogen-bond donors (Lipinski definition) is 2. The quantitative estimate of drug-likeness (QED) is 0.763. The molecule has 4 heteroatoms. The minimum Gasteiger partial charge on any atom is -0.350 e. The SMILES string of the molecule is C=C(Br)CNC(=O)C(N)C(C)C. The van der Waals surface area contributed by atoms with Gasteiger partial charge in [-0.25, -0.2) is 0 Å². The van der Waals surface area contributed by atoms with Crippen LogP contribution in [0, 0.1) is 5.92 Å². The van der Waals surface area contributed by atoms with E-state index in [0.29, 0.717) is 6.54 Å². The Morgan fingerprint density at radius 3 is 2.50 bits per heavy atom. The van der Waals surface area contributed by atoms with Crippen LogP contribution in [0.3, 0.4) is 0 Å². The van der Waals surface area contributed by atoms with Crippen LogP contribution in [0.5, 0.6) is 0 Å². The largest absolute Gasteiger partial charge is 0.350 e. The Balaban J connectivity index is 3.80. The molecule has 0 radical (unpaired) electrons. The van der Waals surface area contributed by atoms with E-state index in [-0.39, 0.29) is 11.8 Å². The summed E-state index contributed by atoms with van der Waals surface area (Å²) in [4.78, 5) is 11.2. The molecule has 1 atom stereocenters. The molecule has 0 saturated heterocycles. The van der Waals surface area contributed by atoms with E-state index in [0.717, 1.165) is 4.48 Å². The first-order valence-electron chi connectivity index (χ1n) is 3.81. The van der Waals surface area contributed by atoms with Crippen LogP contribution >= 0.6 is 15.9 Å².